The molecule has 0 aliphatic rings. The molecule has 0 saturated carbocycles. The Bertz CT molecular complexity index is 517. The number of carbonyl (C=O) groups is 2. The van der Waals surface area contributed by atoms with Gasteiger partial charge in [-0.3, -0.25) is 19.7 Å². The molecule has 0 unspecified atom stereocenters. The molecule has 1 rings (SSSR count). The molecule has 21 heavy (non-hydrogen) atoms. The van der Waals surface area contributed by atoms with Crippen LogP contribution in [0.4, 0.5) is 5.69 Å². The second-order valence-corrected chi connectivity index (χ2v) is 4.08. The van der Waals surface area contributed by atoms with Crippen molar-refractivity contribution in [1.82, 2.24) is 5.32 Å². The Labute approximate surface area is 121 Å². The average molecular weight is 296 g/mol. The molecule has 0 aliphatic carbocycles. The van der Waals surface area contributed by atoms with Gasteiger partial charge in [-0.25, -0.2) is 0 Å². The number of hydrogen-bond donors (Lipinski definition) is 1. The van der Waals surface area contributed by atoms with Crippen molar-refractivity contribution in [3.63, 3.8) is 0 Å². The van der Waals surface area contributed by atoms with E-state index < -0.39 is 4.92 Å². The van der Waals surface area contributed by atoms with Gasteiger partial charge in [-0.15, -0.1) is 0 Å². The lowest BCUT2D eigenvalue weighted by Crippen LogP contribution is -2.30. The number of carbonyl (C=O) groups excluding carboxylic acids is 2. The first-order valence-electron chi connectivity index (χ1n) is 6.20. The highest BCUT2D eigenvalue weighted by atomic mass is 16.6. The van der Waals surface area contributed by atoms with E-state index in [0.29, 0.717) is 25.9 Å². The summed E-state index contributed by atoms with van der Waals surface area (Å²) in [5.74, 6) is -0.219. The van der Waals surface area contributed by atoms with Crippen LogP contribution in [0, 0.1) is 10.1 Å². The maximum atomic E-state index is 11.5. The number of aldehydes is 1. The summed E-state index contributed by atoms with van der Waals surface area (Å²) in [5, 5.41) is 13.2. The summed E-state index contributed by atoms with van der Waals surface area (Å²) < 4.78 is 10.0. The standard InChI is InChI=1S/C13H16N2O6/c1-20-6-2-5-14-13(17)9-21-12-4-3-11(15(18)19)7-10(12)8-16/h3-4,7-8H,2,5-6,9H2,1H3,(H,14,17). The number of nitrogens with one attached hydrogen (secondary N) is 1. The van der Waals surface area contributed by atoms with Crippen LogP contribution < -0.4 is 10.1 Å². The predicted molar refractivity (Wildman–Crippen MR) is 73.5 cm³/mol. The number of nitro groups is 1. The van der Waals surface area contributed by atoms with Gasteiger partial charge in [0, 0.05) is 32.4 Å². The molecule has 0 heterocycles. The van der Waals surface area contributed by atoms with Gasteiger partial charge in [0.15, 0.2) is 12.9 Å². The van der Waals surface area contributed by atoms with E-state index in [4.69, 9.17) is 9.47 Å². The molecule has 1 aromatic rings. The zero-order chi connectivity index (χ0) is 15.7. The number of rotatable bonds is 9. The molecule has 1 amide bonds. The maximum absolute atomic E-state index is 11.5. The third kappa shape index (κ3) is 5.57. The number of nitro benzene ring substituents is 1. The number of amides is 1. The van der Waals surface area contributed by atoms with Crippen molar-refractivity contribution in [2.45, 2.75) is 6.42 Å². The first kappa shape index (κ1) is 16.6. The lowest BCUT2D eigenvalue weighted by molar-refractivity contribution is -0.384. The number of methoxy groups -OCH3 is 1. The Morgan fingerprint density at radius 1 is 1.48 bits per heavy atom. The number of ether oxygens (including phenoxy) is 2. The molecule has 0 atom stereocenters. The van der Waals surface area contributed by atoms with E-state index in [1.54, 1.807) is 7.11 Å². The molecule has 0 radical (unpaired) electrons. The van der Waals surface area contributed by atoms with Crippen LogP contribution in [-0.2, 0) is 9.53 Å². The fourth-order valence-electron chi connectivity index (χ4n) is 1.51. The van der Waals surface area contributed by atoms with Crippen molar-refractivity contribution in [3.8, 4) is 5.75 Å². The van der Waals surface area contributed by atoms with Crippen molar-refractivity contribution in [2.75, 3.05) is 26.9 Å². The first-order valence-corrected chi connectivity index (χ1v) is 6.20. The van der Waals surface area contributed by atoms with E-state index in [1.165, 1.54) is 12.1 Å². The Hall–Kier alpha value is -2.48. The Balaban J connectivity index is 2.53. The monoisotopic (exact) mass is 296 g/mol. The number of benzene rings is 1. The van der Waals surface area contributed by atoms with Crippen LogP contribution in [0.2, 0.25) is 0 Å². The highest BCUT2D eigenvalue weighted by molar-refractivity contribution is 5.81. The predicted octanol–water partition coefficient (Wildman–Crippen LogP) is 0.939. The van der Waals surface area contributed by atoms with Crippen LogP contribution in [0.25, 0.3) is 0 Å². The van der Waals surface area contributed by atoms with E-state index in [-0.39, 0.29) is 29.5 Å². The SMILES string of the molecule is COCCCNC(=O)COc1ccc([N+](=O)[O-])cc1C=O. The molecule has 0 fully saturated rings. The van der Waals surface area contributed by atoms with Crippen molar-refractivity contribution < 1.29 is 24.0 Å². The van der Waals surface area contributed by atoms with E-state index >= 15 is 0 Å². The Morgan fingerprint density at radius 3 is 2.86 bits per heavy atom. The summed E-state index contributed by atoms with van der Waals surface area (Å²) >= 11 is 0. The summed E-state index contributed by atoms with van der Waals surface area (Å²) in [6, 6.07) is 3.59. The fraction of sp³-hybridized carbons (Fsp3) is 0.385. The van der Waals surface area contributed by atoms with Gasteiger partial charge >= 0.3 is 0 Å². The smallest absolute Gasteiger partial charge is 0.270 e. The molecule has 114 valence electrons. The van der Waals surface area contributed by atoms with Gasteiger partial charge in [0.2, 0.25) is 0 Å². The summed E-state index contributed by atoms with van der Waals surface area (Å²) in [6.45, 7) is 0.723. The third-order valence-electron chi connectivity index (χ3n) is 2.54. The molecule has 0 aromatic heterocycles. The van der Waals surface area contributed by atoms with E-state index in [9.17, 15) is 19.7 Å². The van der Waals surface area contributed by atoms with Crippen LogP contribution >= 0.6 is 0 Å². The van der Waals surface area contributed by atoms with Crippen LogP contribution in [0.15, 0.2) is 18.2 Å². The van der Waals surface area contributed by atoms with Gasteiger partial charge in [0.05, 0.1) is 10.5 Å². The highest BCUT2D eigenvalue weighted by Crippen LogP contribution is 2.22. The second-order valence-electron chi connectivity index (χ2n) is 4.08. The van der Waals surface area contributed by atoms with Gasteiger partial charge in [0.1, 0.15) is 5.75 Å². The minimum Gasteiger partial charge on any atom is -0.483 e. The largest absolute Gasteiger partial charge is 0.483 e. The van der Waals surface area contributed by atoms with E-state index in [1.807, 2.05) is 0 Å². The highest BCUT2D eigenvalue weighted by Gasteiger charge is 2.12. The number of hydrogen-bond acceptors (Lipinski definition) is 6. The lowest BCUT2D eigenvalue weighted by Gasteiger charge is -2.08. The number of nitrogens with zero attached hydrogens (tertiary/aromatic N) is 1. The zero-order valence-electron chi connectivity index (χ0n) is 11.5. The van der Waals surface area contributed by atoms with Crippen LogP contribution in [0.5, 0.6) is 5.75 Å². The summed E-state index contributed by atoms with van der Waals surface area (Å²) in [4.78, 5) is 32.3. The van der Waals surface area contributed by atoms with Gasteiger partial charge < -0.3 is 14.8 Å². The Kier molecular flexibility index (Phi) is 6.82. The Morgan fingerprint density at radius 2 is 2.24 bits per heavy atom. The van der Waals surface area contributed by atoms with Crippen molar-refractivity contribution in [1.29, 1.82) is 0 Å². The molecule has 8 nitrogen and oxygen atoms in total. The topological polar surface area (TPSA) is 108 Å². The minimum atomic E-state index is -0.612. The van der Waals surface area contributed by atoms with Crippen molar-refractivity contribution in [3.05, 3.63) is 33.9 Å². The van der Waals surface area contributed by atoms with Crippen molar-refractivity contribution >= 4 is 17.9 Å². The van der Waals surface area contributed by atoms with E-state index in [0.717, 1.165) is 6.07 Å². The van der Waals surface area contributed by atoms with Crippen LogP contribution in [0.3, 0.4) is 0 Å². The molecule has 0 bridgehead atoms. The molecule has 8 heteroatoms. The first-order chi connectivity index (χ1) is 10.1. The third-order valence-corrected chi connectivity index (χ3v) is 2.54. The quantitative estimate of drug-likeness (QED) is 0.314. The van der Waals surface area contributed by atoms with Gasteiger partial charge in [0.25, 0.3) is 11.6 Å². The van der Waals surface area contributed by atoms with Crippen molar-refractivity contribution in [2.24, 2.45) is 0 Å². The summed E-state index contributed by atoms with van der Waals surface area (Å²) in [7, 11) is 1.57. The average Bonchev–Trinajstić information content (AvgIpc) is 2.49. The minimum absolute atomic E-state index is 0.0244. The fourth-order valence-corrected chi connectivity index (χ4v) is 1.51. The van der Waals surface area contributed by atoms with Gasteiger partial charge in [-0.1, -0.05) is 0 Å². The molecule has 0 aliphatic heterocycles. The van der Waals surface area contributed by atoms with Crippen LogP contribution in [-0.4, -0.2) is 44.0 Å². The maximum Gasteiger partial charge on any atom is 0.270 e. The van der Waals surface area contributed by atoms with Crippen LogP contribution in [0.1, 0.15) is 16.8 Å². The van der Waals surface area contributed by atoms with Gasteiger partial charge in [-0.05, 0) is 12.5 Å². The molecular weight excluding hydrogens is 280 g/mol. The zero-order valence-corrected chi connectivity index (χ0v) is 11.5. The normalized spacial score (nSPS) is 9.95. The summed E-state index contributed by atoms with van der Waals surface area (Å²) in [6.07, 6.45) is 1.12. The molecule has 1 N–H and O–H groups in total. The van der Waals surface area contributed by atoms with E-state index in [2.05, 4.69) is 5.32 Å². The summed E-state index contributed by atoms with van der Waals surface area (Å²) in [5.41, 5.74) is -0.190. The molecule has 1 aromatic carbocycles. The van der Waals surface area contributed by atoms with Gasteiger partial charge in [-0.2, -0.15) is 0 Å². The molecular formula is C13H16N2O6. The second kappa shape index (κ2) is 8.64. The number of non-ortho nitro benzene ring substituents is 1. The molecule has 0 saturated heterocycles. The molecule has 0 spiro atoms. The lowest BCUT2D eigenvalue weighted by atomic mass is 10.2.